The van der Waals surface area contributed by atoms with Crippen LogP contribution in [0.1, 0.15) is 0 Å². The van der Waals surface area contributed by atoms with E-state index >= 15 is 0 Å². The zero-order chi connectivity index (χ0) is 52.5. The molecular formula is C47H75NO23. The summed E-state index contributed by atoms with van der Waals surface area (Å²) in [6.07, 6.45) is 4.50. The van der Waals surface area contributed by atoms with Crippen molar-refractivity contribution >= 4 is 35.9 Å². The van der Waals surface area contributed by atoms with Crippen molar-refractivity contribution in [2.45, 2.75) is 0 Å². The summed E-state index contributed by atoms with van der Waals surface area (Å²) in [5, 5.41) is 2.43. The van der Waals surface area contributed by atoms with Crippen molar-refractivity contribution in [3.63, 3.8) is 0 Å². The zero-order valence-electron chi connectivity index (χ0n) is 41.1. The van der Waals surface area contributed by atoms with Crippen LogP contribution in [0, 0.1) is 10.8 Å². The molecule has 0 saturated heterocycles. The Hall–Kier alpha value is -5.12. The smallest absolute Gasteiger partial charge is 0.406 e. The number of nitrogens with one attached hydrogen (secondary N) is 1. The topological polar surface area (TPSA) is 271 Å². The molecule has 0 aliphatic carbocycles. The van der Waals surface area contributed by atoms with Gasteiger partial charge in [-0.05, 0) is 0 Å². The second-order valence-electron chi connectivity index (χ2n) is 14.5. The van der Waals surface area contributed by atoms with Crippen molar-refractivity contribution in [3.05, 3.63) is 63.3 Å². The van der Waals surface area contributed by atoms with Crippen molar-refractivity contribution in [2.75, 3.05) is 192 Å². The van der Waals surface area contributed by atoms with Gasteiger partial charge in [-0.1, -0.05) is 32.9 Å². The Morgan fingerprint density at radius 2 is 0.493 bits per heavy atom. The Morgan fingerprint density at radius 3 is 0.718 bits per heavy atom. The lowest BCUT2D eigenvalue weighted by molar-refractivity contribution is -0.146. The first-order valence-electron chi connectivity index (χ1n) is 22.6. The molecule has 71 heavy (non-hydrogen) atoms. The van der Waals surface area contributed by atoms with E-state index in [0.717, 1.165) is 30.4 Å². The molecule has 24 heteroatoms. The number of hydrogen-bond acceptors (Lipinski definition) is 23. The van der Waals surface area contributed by atoms with Crippen LogP contribution in [-0.4, -0.2) is 228 Å². The maximum absolute atomic E-state index is 12.5. The molecule has 0 aliphatic heterocycles. The predicted octanol–water partition coefficient (Wildman–Crippen LogP) is 1.14. The minimum absolute atomic E-state index is 0.00612. The predicted molar refractivity (Wildman–Crippen MR) is 250 cm³/mol. The normalized spacial score (nSPS) is 11.2. The second kappa shape index (κ2) is 46.0. The number of esters is 5. The summed E-state index contributed by atoms with van der Waals surface area (Å²) >= 11 is 0. The number of rotatable bonds is 51. The molecule has 0 heterocycles. The Labute approximate surface area is 416 Å². The lowest BCUT2D eigenvalue weighted by Crippen LogP contribution is -2.47. The molecule has 0 atom stereocenters. The van der Waals surface area contributed by atoms with E-state index in [0.29, 0.717) is 0 Å². The van der Waals surface area contributed by atoms with Crippen LogP contribution in [0.15, 0.2) is 63.3 Å². The van der Waals surface area contributed by atoms with Crippen LogP contribution in [0.25, 0.3) is 0 Å². The largest absolute Gasteiger partial charge is 0.460 e. The number of carbonyl (C=O) groups is 6. The fraction of sp³-hybridized carbons (Fsp3) is 0.660. The summed E-state index contributed by atoms with van der Waals surface area (Å²) in [7, 11) is 1.41. The molecule has 0 aromatic carbocycles. The summed E-state index contributed by atoms with van der Waals surface area (Å²) in [6, 6.07) is 0. The van der Waals surface area contributed by atoms with Crippen LogP contribution in [0.5, 0.6) is 0 Å². The fourth-order valence-electron chi connectivity index (χ4n) is 5.12. The van der Waals surface area contributed by atoms with Crippen molar-refractivity contribution in [1.29, 1.82) is 0 Å². The van der Waals surface area contributed by atoms with E-state index in [9.17, 15) is 28.8 Å². The average Bonchev–Trinajstić information content (AvgIpc) is 3.38. The van der Waals surface area contributed by atoms with E-state index in [2.05, 4.69) is 38.2 Å². The van der Waals surface area contributed by atoms with Gasteiger partial charge in [0, 0.05) is 37.4 Å². The van der Waals surface area contributed by atoms with Crippen LogP contribution in [0.2, 0.25) is 0 Å². The van der Waals surface area contributed by atoms with E-state index in [-0.39, 0.29) is 185 Å². The molecule has 0 spiro atoms. The van der Waals surface area contributed by atoms with Gasteiger partial charge in [-0.15, -0.1) is 0 Å². The van der Waals surface area contributed by atoms with Crippen LogP contribution in [-0.2, 0) is 104 Å². The van der Waals surface area contributed by atoms with Crippen molar-refractivity contribution in [3.8, 4) is 0 Å². The lowest BCUT2D eigenvalue weighted by Gasteiger charge is -2.36. The van der Waals surface area contributed by atoms with Crippen LogP contribution < -0.4 is 5.32 Å². The molecule has 0 bridgehead atoms. The first-order valence-corrected chi connectivity index (χ1v) is 22.6. The lowest BCUT2D eigenvalue weighted by atomic mass is 9.90. The number of amides is 1. The summed E-state index contributed by atoms with van der Waals surface area (Å²) in [4.78, 5) is 69.3. The highest BCUT2D eigenvalue weighted by molar-refractivity contribution is 5.82. The fourth-order valence-corrected chi connectivity index (χ4v) is 5.12. The second-order valence-corrected chi connectivity index (χ2v) is 14.5. The molecular weight excluding hydrogens is 947 g/mol. The summed E-state index contributed by atoms with van der Waals surface area (Å²) in [5.74, 6) is -2.90. The SMILES string of the molecule is C=CC(=O)OCCOCCOCC(COCCOCCOC(=O)C=C)(COCCOCCOC(=O)C=C)COCC(COCCOCCOC(=O)C=C)(COCCOCCOC(=O)C=C)COC(=O)NC. The standard InChI is InChI=1S/C47H75NO23/c1-7-40(49)66-27-22-55-12-17-60-32-46(33-61-18-13-56-23-28-67-41(50)8-2,34-62-19-14-57-24-29-68-42(51)9-3)37-65-38-47(39-71-45(54)48-6,35-63-20-15-58-25-30-69-43(52)10-4)36-64-21-16-59-26-31-70-44(53)11-5/h7-11H,1-5,12-39H2,6H3,(H,48,54). The monoisotopic (exact) mass is 1020 g/mol. The number of hydrogen-bond donors (Lipinski definition) is 1. The van der Waals surface area contributed by atoms with Crippen molar-refractivity contribution < 1.29 is 109 Å². The average molecular weight is 1020 g/mol. The van der Waals surface area contributed by atoms with Gasteiger partial charge in [-0.25, -0.2) is 28.8 Å². The van der Waals surface area contributed by atoms with Gasteiger partial charge in [0.2, 0.25) is 0 Å². The van der Waals surface area contributed by atoms with E-state index in [1.54, 1.807) is 0 Å². The van der Waals surface area contributed by atoms with Gasteiger partial charge >= 0.3 is 35.9 Å². The molecule has 1 N–H and O–H groups in total. The van der Waals surface area contributed by atoms with Crippen LogP contribution in [0.3, 0.4) is 0 Å². The summed E-state index contributed by atoms with van der Waals surface area (Å²) in [5.41, 5.74) is -2.17. The molecule has 406 valence electrons. The molecule has 0 aromatic heterocycles. The minimum atomic E-state index is -1.14. The Balaban J connectivity index is 6.36. The first-order chi connectivity index (χ1) is 34.4. The van der Waals surface area contributed by atoms with E-state index in [1.807, 2.05) is 0 Å². The van der Waals surface area contributed by atoms with Gasteiger partial charge in [0.05, 0.1) is 156 Å². The molecule has 1 amide bonds. The first kappa shape index (κ1) is 65.9. The highest BCUT2D eigenvalue weighted by Gasteiger charge is 2.38. The van der Waals surface area contributed by atoms with Gasteiger partial charge < -0.3 is 85.8 Å². The number of ether oxygens (including phenoxy) is 17. The molecule has 0 aliphatic rings. The molecule has 0 unspecified atom stereocenters. The molecule has 0 aromatic rings. The van der Waals surface area contributed by atoms with Gasteiger partial charge in [0.15, 0.2) is 0 Å². The highest BCUT2D eigenvalue weighted by atomic mass is 16.6. The van der Waals surface area contributed by atoms with Crippen LogP contribution in [0.4, 0.5) is 4.79 Å². The molecule has 0 rings (SSSR count). The maximum Gasteiger partial charge on any atom is 0.406 e. The summed E-state index contributed by atoms with van der Waals surface area (Å²) < 4.78 is 94.9. The van der Waals surface area contributed by atoms with E-state index in [4.69, 9.17) is 80.5 Å². The third-order valence-electron chi connectivity index (χ3n) is 8.62. The number of carbonyl (C=O) groups excluding carboxylic acids is 6. The Kier molecular flexibility index (Phi) is 42.7. The quantitative estimate of drug-likeness (QED) is 0.0387. The third-order valence-corrected chi connectivity index (χ3v) is 8.62. The number of alkyl carbamates (subject to hydrolysis) is 1. The molecule has 0 fully saturated rings. The van der Waals surface area contributed by atoms with Crippen LogP contribution >= 0.6 is 0 Å². The van der Waals surface area contributed by atoms with Gasteiger partial charge in [0.25, 0.3) is 0 Å². The summed E-state index contributed by atoms with van der Waals surface area (Å²) in [6.45, 7) is 18.0. The molecule has 24 nitrogen and oxygen atoms in total. The minimum Gasteiger partial charge on any atom is -0.460 e. The van der Waals surface area contributed by atoms with E-state index in [1.165, 1.54) is 7.05 Å². The van der Waals surface area contributed by atoms with Crippen molar-refractivity contribution in [1.82, 2.24) is 5.32 Å². The van der Waals surface area contributed by atoms with Gasteiger partial charge in [-0.2, -0.15) is 0 Å². The van der Waals surface area contributed by atoms with Crippen molar-refractivity contribution in [2.24, 2.45) is 10.8 Å². The zero-order valence-corrected chi connectivity index (χ0v) is 41.1. The molecule has 0 saturated carbocycles. The Morgan fingerprint density at radius 1 is 0.296 bits per heavy atom. The van der Waals surface area contributed by atoms with Gasteiger partial charge in [-0.3, -0.25) is 0 Å². The highest BCUT2D eigenvalue weighted by Crippen LogP contribution is 2.26. The molecule has 0 radical (unpaired) electrons. The van der Waals surface area contributed by atoms with E-state index < -0.39 is 46.8 Å². The Bertz CT molecular complexity index is 1380. The maximum atomic E-state index is 12.5. The third kappa shape index (κ3) is 39.2. The van der Waals surface area contributed by atoms with Gasteiger partial charge in [0.1, 0.15) is 39.6 Å².